The maximum absolute atomic E-state index is 11.8. The summed E-state index contributed by atoms with van der Waals surface area (Å²) in [6.07, 6.45) is 0.0308. The molecule has 134 valence electrons. The molecule has 0 saturated heterocycles. The topological polar surface area (TPSA) is 47.6 Å². The van der Waals surface area contributed by atoms with Gasteiger partial charge in [-0.3, -0.25) is 0 Å². The maximum atomic E-state index is 11.8. The molecule has 0 aliphatic heterocycles. The number of nitrogens with one attached hydrogen (secondary N) is 1. The Morgan fingerprint density at radius 3 is 2.40 bits per heavy atom. The largest absolute Gasteiger partial charge is 0.489 e. The SMILES string of the molecule is CC(Cc1cccc(OCc2ccccc2)c1)OC(=O)NC(C)(C)C. The molecule has 0 bridgehead atoms. The summed E-state index contributed by atoms with van der Waals surface area (Å²) in [6.45, 7) is 8.19. The van der Waals surface area contributed by atoms with E-state index < -0.39 is 6.09 Å². The third-order valence-electron chi connectivity index (χ3n) is 3.46. The summed E-state index contributed by atoms with van der Waals surface area (Å²) in [5.74, 6) is 0.813. The molecule has 2 rings (SSSR count). The van der Waals surface area contributed by atoms with Gasteiger partial charge in [0.15, 0.2) is 0 Å². The van der Waals surface area contributed by atoms with Crippen LogP contribution in [-0.4, -0.2) is 17.7 Å². The molecule has 0 aliphatic carbocycles. The molecule has 1 atom stereocenters. The lowest BCUT2D eigenvalue weighted by Crippen LogP contribution is -2.42. The van der Waals surface area contributed by atoms with Gasteiger partial charge in [0.2, 0.25) is 0 Å². The van der Waals surface area contributed by atoms with Gasteiger partial charge < -0.3 is 14.8 Å². The number of carbonyl (C=O) groups excluding carboxylic acids is 1. The van der Waals surface area contributed by atoms with Crippen LogP contribution >= 0.6 is 0 Å². The van der Waals surface area contributed by atoms with Crippen LogP contribution in [0.5, 0.6) is 5.75 Å². The molecule has 0 saturated carbocycles. The minimum atomic E-state index is -0.392. The normalized spacial score (nSPS) is 12.3. The molecule has 4 nitrogen and oxygen atoms in total. The van der Waals surface area contributed by atoms with Crippen molar-refractivity contribution in [2.75, 3.05) is 0 Å². The predicted octanol–water partition coefficient (Wildman–Crippen LogP) is 4.72. The molecule has 0 aromatic heterocycles. The molecular formula is C21H27NO3. The highest BCUT2D eigenvalue weighted by atomic mass is 16.6. The van der Waals surface area contributed by atoms with Gasteiger partial charge in [-0.05, 0) is 51.0 Å². The Balaban J connectivity index is 1.87. The van der Waals surface area contributed by atoms with Crippen molar-refractivity contribution in [1.82, 2.24) is 5.32 Å². The van der Waals surface area contributed by atoms with Crippen molar-refractivity contribution in [2.45, 2.75) is 52.4 Å². The lowest BCUT2D eigenvalue weighted by molar-refractivity contribution is 0.1000. The van der Waals surface area contributed by atoms with Gasteiger partial charge in [0.05, 0.1) is 0 Å². The number of ether oxygens (including phenoxy) is 2. The standard InChI is InChI=1S/C21H27NO3/c1-16(25-20(23)22-21(2,3)4)13-18-11-8-12-19(14-18)24-15-17-9-6-5-7-10-17/h5-12,14,16H,13,15H2,1-4H3,(H,22,23). The summed E-state index contributed by atoms with van der Waals surface area (Å²) < 4.78 is 11.2. The van der Waals surface area contributed by atoms with Crippen LogP contribution in [0.25, 0.3) is 0 Å². The zero-order valence-electron chi connectivity index (χ0n) is 15.4. The molecule has 1 unspecified atom stereocenters. The number of hydrogen-bond acceptors (Lipinski definition) is 3. The highest BCUT2D eigenvalue weighted by Gasteiger charge is 2.17. The Hall–Kier alpha value is -2.49. The molecule has 4 heteroatoms. The molecule has 0 radical (unpaired) electrons. The van der Waals surface area contributed by atoms with Crippen molar-refractivity contribution in [2.24, 2.45) is 0 Å². The van der Waals surface area contributed by atoms with Crippen LogP contribution in [0.3, 0.4) is 0 Å². The fourth-order valence-corrected chi connectivity index (χ4v) is 2.40. The van der Waals surface area contributed by atoms with Gasteiger partial charge >= 0.3 is 6.09 Å². The Morgan fingerprint density at radius 1 is 1.04 bits per heavy atom. The first kappa shape index (κ1) is 18.8. The number of rotatable bonds is 6. The maximum Gasteiger partial charge on any atom is 0.407 e. The van der Waals surface area contributed by atoms with Crippen molar-refractivity contribution < 1.29 is 14.3 Å². The van der Waals surface area contributed by atoms with Crippen LogP contribution in [-0.2, 0) is 17.8 Å². The molecule has 0 fully saturated rings. The lowest BCUT2D eigenvalue weighted by Gasteiger charge is -2.22. The number of alkyl carbamates (subject to hydrolysis) is 1. The molecule has 1 amide bonds. The second-order valence-electron chi connectivity index (χ2n) is 7.22. The fourth-order valence-electron chi connectivity index (χ4n) is 2.40. The minimum absolute atomic E-state index is 0.216. The van der Waals surface area contributed by atoms with Gasteiger partial charge in [0, 0.05) is 12.0 Å². The summed E-state index contributed by atoms with van der Waals surface area (Å²) >= 11 is 0. The average Bonchev–Trinajstić information content (AvgIpc) is 2.52. The lowest BCUT2D eigenvalue weighted by atomic mass is 10.1. The molecule has 0 spiro atoms. The summed E-state index contributed by atoms with van der Waals surface area (Å²) in [6, 6.07) is 17.9. The number of amides is 1. The van der Waals surface area contributed by atoms with Gasteiger partial charge in [0.1, 0.15) is 18.5 Å². The van der Waals surface area contributed by atoms with E-state index in [2.05, 4.69) is 5.32 Å². The van der Waals surface area contributed by atoms with Crippen molar-refractivity contribution in [3.8, 4) is 5.75 Å². The van der Waals surface area contributed by atoms with E-state index in [1.807, 2.05) is 82.3 Å². The van der Waals surface area contributed by atoms with Gasteiger partial charge in [-0.1, -0.05) is 42.5 Å². The third kappa shape index (κ3) is 7.29. The van der Waals surface area contributed by atoms with Crippen molar-refractivity contribution in [1.29, 1.82) is 0 Å². The van der Waals surface area contributed by atoms with Crippen LogP contribution in [0.2, 0.25) is 0 Å². The Bertz CT molecular complexity index is 677. The second kappa shape index (κ2) is 8.56. The monoisotopic (exact) mass is 341 g/mol. The molecule has 0 aliphatic rings. The number of carbonyl (C=O) groups is 1. The summed E-state index contributed by atoms with van der Waals surface area (Å²) in [5, 5.41) is 2.80. The van der Waals surface area contributed by atoms with E-state index in [1.54, 1.807) is 0 Å². The second-order valence-corrected chi connectivity index (χ2v) is 7.22. The Morgan fingerprint density at radius 2 is 1.72 bits per heavy atom. The first-order valence-corrected chi connectivity index (χ1v) is 8.56. The van der Waals surface area contributed by atoms with Gasteiger partial charge in [-0.2, -0.15) is 0 Å². The molecular weight excluding hydrogens is 314 g/mol. The zero-order chi connectivity index (χ0) is 18.3. The molecule has 2 aromatic rings. The third-order valence-corrected chi connectivity index (χ3v) is 3.46. The van der Waals surface area contributed by atoms with Gasteiger partial charge in [0.25, 0.3) is 0 Å². The first-order chi connectivity index (χ1) is 11.8. The Kier molecular flexibility index (Phi) is 6.45. The van der Waals surface area contributed by atoms with E-state index >= 15 is 0 Å². The molecule has 2 aromatic carbocycles. The van der Waals surface area contributed by atoms with E-state index in [9.17, 15) is 4.79 Å². The van der Waals surface area contributed by atoms with E-state index in [0.29, 0.717) is 13.0 Å². The molecule has 25 heavy (non-hydrogen) atoms. The van der Waals surface area contributed by atoms with E-state index in [-0.39, 0.29) is 11.6 Å². The molecule has 1 N–H and O–H groups in total. The first-order valence-electron chi connectivity index (χ1n) is 8.56. The van der Waals surface area contributed by atoms with Crippen LogP contribution < -0.4 is 10.1 Å². The summed E-state index contributed by atoms with van der Waals surface area (Å²) in [4.78, 5) is 11.8. The van der Waals surface area contributed by atoms with Crippen LogP contribution in [0, 0.1) is 0 Å². The fraction of sp³-hybridized carbons (Fsp3) is 0.381. The van der Waals surface area contributed by atoms with Crippen LogP contribution in [0.1, 0.15) is 38.8 Å². The summed E-state index contributed by atoms with van der Waals surface area (Å²) in [7, 11) is 0. The van der Waals surface area contributed by atoms with Crippen LogP contribution in [0.4, 0.5) is 4.79 Å². The minimum Gasteiger partial charge on any atom is -0.489 e. The smallest absolute Gasteiger partial charge is 0.407 e. The van der Waals surface area contributed by atoms with Gasteiger partial charge in [-0.25, -0.2) is 4.79 Å². The number of benzene rings is 2. The van der Waals surface area contributed by atoms with Crippen LogP contribution in [0.15, 0.2) is 54.6 Å². The Labute approximate surface area is 150 Å². The zero-order valence-corrected chi connectivity index (χ0v) is 15.4. The average molecular weight is 341 g/mol. The molecule has 0 heterocycles. The summed E-state index contributed by atoms with van der Waals surface area (Å²) in [5.41, 5.74) is 1.90. The highest BCUT2D eigenvalue weighted by Crippen LogP contribution is 2.17. The van der Waals surface area contributed by atoms with E-state index in [4.69, 9.17) is 9.47 Å². The highest BCUT2D eigenvalue weighted by molar-refractivity contribution is 5.68. The van der Waals surface area contributed by atoms with Gasteiger partial charge in [-0.15, -0.1) is 0 Å². The van der Waals surface area contributed by atoms with Crippen molar-refractivity contribution in [3.63, 3.8) is 0 Å². The number of hydrogen-bond donors (Lipinski definition) is 1. The van der Waals surface area contributed by atoms with E-state index in [1.165, 1.54) is 0 Å². The quantitative estimate of drug-likeness (QED) is 0.827. The predicted molar refractivity (Wildman–Crippen MR) is 99.8 cm³/mol. The van der Waals surface area contributed by atoms with E-state index in [0.717, 1.165) is 16.9 Å². The van der Waals surface area contributed by atoms with Crippen molar-refractivity contribution >= 4 is 6.09 Å². The van der Waals surface area contributed by atoms with Crippen molar-refractivity contribution in [3.05, 3.63) is 65.7 Å².